The standard InChI is InChI=1S/C16H18N2O3/c1-10-5-4-6-12(17)15(10)16(19)18-13-8-7-11(20-2)9-14(13)21-3/h4-9H,17H2,1-3H3,(H,18,19). The molecule has 0 aromatic heterocycles. The van der Waals surface area contributed by atoms with Gasteiger partial charge in [0.15, 0.2) is 0 Å². The van der Waals surface area contributed by atoms with E-state index in [1.54, 1.807) is 31.4 Å². The van der Waals surface area contributed by atoms with Gasteiger partial charge in [0.05, 0.1) is 25.5 Å². The van der Waals surface area contributed by atoms with E-state index in [1.807, 2.05) is 19.1 Å². The van der Waals surface area contributed by atoms with Crippen LogP contribution in [0.2, 0.25) is 0 Å². The number of rotatable bonds is 4. The summed E-state index contributed by atoms with van der Waals surface area (Å²) >= 11 is 0. The Hall–Kier alpha value is -2.69. The van der Waals surface area contributed by atoms with Gasteiger partial charge in [0.2, 0.25) is 0 Å². The first-order chi connectivity index (χ1) is 10.1. The Balaban J connectivity index is 2.32. The number of nitrogens with two attached hydrogens (primary N) is 1. The maximum atomic E-state index is 12.4. The molecule has 0 aliphatic rings. The first-order valence-electron chi connectivity index (χ1n) is 6.45. The highest BCUT2D eigenvalue weighted by Gasteiger charge is 2.15. The van der Waals surface area contributed by atoms with Gasteiger partial charge in [0.1, 0.15) is 11.5 Å². The lowest BCUT2D eigenvalue weighted by atomic mass is 10.1. The largest absolute Gasteiger partial charge is 0.497 e. The molecule has 0 aliphatic heterocycles. The Labute approximate surface area is 123 Å². The van der Waals surface area contributed by atoms with Gasteiger partial charge in [-0.3, -0.25) is 4.79 Å². The number of ether oxygens (including phenoxy) is 2. The lowest BCUT2D eigenvalue weighted by Crippen LogP contribution is -2.16. The third-order valence-corrected chi connectivity index (χ3v) is 3.19. The third-order valence-electron chi connectivity index (χ3n) is 3.19. The van der Waals surface area contributed by atoms with Crippen molar-refractivity contribution >= 4 is 17.3 Å². The highest BCUT2D eigenvalue weighted by molar-refractivity contribution is 6.09. The number of nitrogen functional groups attached to an aromatic ring is 1. The summed E-state index contributed by atoms with van der Waals surface area (Å²) in [4.78, 5) is 12.4. The zero-order chi connectivity index (χ0) is 15.4. The summed E-state index contributed by atoms with van der Waals surface area (Å²) < 4.78 is 10.4. The number of anilines is 2. The molecule has 5 nitrogen and oxygen atoms in total. The highest BCUT2D eigenvalue weighted by Crippen LogP contribution is 2.30. The summed E-state index contributed by atoms with van der Waals surface area (Å²) in [6, 6.07) is 10.5. The molecule has 0 bridgehead atoms. The number of amides is 1. The second-order valence-electron chi connectivity index (χ2n) is 4.56. The molecule has 0 aliphatic carbocycles. The smallest absolute Gasteiger partial charge is 0.258 e. The Morgan fingerprint density at radius 2 is 1.90 bits per heavy atom. The SMILES string of the molecule is COc1ccc(NC(=O)c2c(C)cccc2N)c(OC)c1. The van der Waals surface area contributed by atoms with Crippen LogP contribution in [-0.2, 0) is 0 Å². The minimum atomic E-state index is -0.269. The molecule has 0 atom stereocenters. The average Bonchev–Trinajstić information content (AvgIpc) is 2.47. The maximum Gasteiger partial charge on any atom is 0.258 e. The van der Waals surface area contributed by atoms with Gasteiger partial charge in [0.25, 0.3) is 5.91 Å². The molecule has 0 saturated carbocycles. The monoisotopic (exact) mass is 286 g/mol. The second kappa shape index (κ2) is 6.17. The number of aryl methyl sites for hydroxylation is 1. The molecule has 0 saturated heterocycles. The Bertz CT molecular complexity index is 648. The molecule has 5 heteroatoms. The number of methoxy groups -OCH3 is 2. The van der Waals surface area contributed by atoms with Crippen molar-refractivity contribution in [3.63, 3.8) is 0 Å². The number of hydrogen-bond donors (Lipinski definition) is 2. The van der Waals surface area contributed by atoms with E-state index in [1.165, 1.54) is 7.11 Å². The summed E-state index contributed by atoms with van der Waals surface area (Å²) in [6.45, 7) is 1.84. The van der Waals surface area contributed by atoms with Crippen molar-refractivity contribution in [1.82, 2.24) is 0 Å². The van der Waals surface area contributed by atoms with Crippen molar-refractivity contribution in [2.45, 2.75) is 6.92 Å². The number of benzene rings is 2. The third kappa shape index (κ3) is 3.08. The van der Waals surface area contributed by atoms with Crippen LogP contribution in [0.3, 0.4) is 0 Å². The fourth-order valence-corrected chi connectivity index (χ4v) is 2.09. The number of carbonyl (C=O) groups is 1. The van der Waals surface area contributed by atoms with E-state index < -0.39 is 0 Å². The molecule has 2 aromatic rings. The molecular formula is C16H18N2O3. The molecule has 0 spiro atoms. The predicted octanol–water partition coefficient (Wildman–Crippen LogP) is 2.85. The normalized spacial score (nSPS) is 10.0. The van der Waals surface area contributed by atoms with Crippen LogP contribution in [-0.4, -0.2) is 20.1 Å². The second-order valence-corrected chi connectivity index (χ2v) is 4.56. The van der Waals surface area contributed by atoms with Crippen LogP contribution in [0.1, 0.15) is 15.9 Å². The van der Waals surface area contributed by atoms with Crippen molar-refractivity contribution < 1.29 is 14.3 Å². The molecular weight excluding hydrogens is 268 g/mol. The molecule has 0 radical (unpaired) electrons. The highest BCUT2D eigenvalue weighted by atomic mass is 16.5. The van der Waals surface area contributed by atoms with Crippen LogP contribution < -0.4 is 20.5 Å². The van der Waals surface area contributed by atoms with E-state index in [2.05, 4.69) is 5.32 Å². The van der Waals surface area contributed by atoms with E-state index in [-0.39, 0.29) is 5.91 Å². The molecule has 0 fully saturated rings. The van der Waals surface area contributed by atoms with Gasteiger partial charge in [-0.25, -0.2) is 0 Å². The van der Waals surface area contributed by atoms with Crippen LogP contribution >= 0.6 is 0 Å². The maximum absolute atomic E-state index is 12.4. The number of carbonyl (C=O) groups excluding carboxylic acids is 1. The molecule has 3 N–H and O–H groups in total. The van der Waals surface area contributed by atoms with Gasteiger partial charge in [-0.05, 0) is 30.7 Å². The fourth-order valence-electron chi connectivity index (χ4n) is 2.09. The molecule has 1 amide bonds. The summed E-state index contributed by atoms with van der Waals surface area (Å²) in [5, 5.41) is 2.81. The summed E-state index contributed by atoms with van der Waals surface area (Å²) in [5.41, 5.74) is 8.17. The van der Waals surface area contributed by atoms with Crippen molar-refractivity contribution in [2.75, 3.05) is 25.3 Å². The molecule has 110 valence electrons. The summed E-state index contributed by atoms with van der Waals surface area (Å²) in [7, 11) is 3.10. The molecule has 0 unspecified atom stereocenters. The van der Waals surface area contributed by atoms with Gasteiger partial charge in [-0.1, -0.05) is 12.1 Å². The lowest BCUT2D eigenvalue weighted by Gasteiger charge is -2.13. The Morgan fingerprint density at radius 1 is 1.14 bits per heavy atom. The lowest BCUT2D eigenvalue weighted by molar-refractivity contribution is 0.102. The van der Waals surface area contributed by atoms with Crippen molar-refractivity contribution in [3.8, 4) is 11.5 Å². The molecule has 2 rings (SSSR count). The van der Waals surface area contributed by atoms with Crippen molar-refractivity contribution in [2.24, 2.45) is 0 Å². The van der Waals surface area contributed by atoms with Crippen LogP contribution in [0.25, 0.3) is 0 Å². The summed E-state index contributed by atoms with van der Waals surface area (Å²) in [5.74, 6) is 0.907. The fraction of sp³-hybridized carbons (Fsp3) is 0.188. The van der Waals surface area contributed by atoms with Gasteiger partial charge >= 0.3 is 0 Å². The van der Waals surface area contributed by atoms with Gasteiger partial charge in [-0.15, -0.1) is 0 Å². The summed E-state index contributed by atoms with van der Waals surface area (Å²) in [6.07, 6.45) is 0. The Morgan fingerprint density at radius 3 is 2.52 bits per heavy atom. The van der Waals surface area contributed by atoms with Gasteiger partial charge in [0, 0.05) is 11.8 Å². The first-order valence-corrected chi connectivity index (χ1v) is 6.45. The number of hydrogen-bond acceptors (Lipinski definition) is 4. The molecule has 2 aromatic carbocycles. The van der Waals surface area contributed by atoms with Crippen molar-refractivity contribution in [1.29, 1.82) is 0 Å². The predicted molar refractivity (Wildman–Crippen MR) is 83.1 cm³/mol. The Kier molecular flexibility index (Phi) is 4.33. The van der Waals surface area contributed by atoms with Crippen molar-refractivity contribution in [3.05, 3.63) is 47.5 Å². The van der Waals surface area contributed by atoms with Gasteiger partial charge < -0.3 is 20.5 Å². The van der Waals surface area contributed by atoms with E-state index in [0.29, 0.717) is 28.4 Å². The van der Waals surface area contributed by atoms with E-state index in [9.17, 15) is 4.79 Å². The van der Waals surface area contributed by atoms with Gasteiger partial charge in [-0.2, -0.15) is 0 Å². The zero-order valence-corrected chi connectivity index (χ0v) is 12.3. The van der Waals surface area contributed by atoms with Crippen LogP contribution in [0.5, 0.6) is 11.5 Å². The van der Waals surface area contributed by atoms with Crippen LogP contribution in [0.4, 0.5) is 11.4 Å². The average molecular weight is 286 g/mol. The minimum Gasteiger partial charge on any atom is -0.497 e. The number of nitrogens with one attached hydrogen (secondary N) is 1. The van der Waals surface area contributed by atoms with E-state index in [0.717, 1.165) is 5.56 Å². The zero-order valence-electron chi connectivity index (χ0n) is 12.3. The minimum absolute atomic E-state index is 0.269. The van der Waals surface area contributed by atoms with E-state index >= 15 is 0 Å². The van der Waals surface area contributed by atoms with Crippen LogP contribution in [0, 0.1) is 6.92 Å². The molecule has 21 heavy (non-hydrogen) atoms. The van der Waals surface area contributed by atoms with E-state index in [4.69, 9.17) is 15.2 Å². The van der Waals surface area contributed by atoms with Crippen LogP contribution in [0.15, 0.2) is 36.4 Å². The molecule has 0 heterocycles. The topological polar surface area (TPSA) is 73.6 Å². The quantitative estimate of drug-likeness (QED) is 0.848. The first kappa shape index (κ1) is 14.7.